The Kier molecular flexibility index (Phi) is 10.4. The molecule has 2 nitrogen and oxygen atoms in total. The summed E-state index contributed by atoms with van der Waals surface area (Å²) in [5.74, 6) is 1.12. The Bertz CT molecular complexity index is 1860. The van der Waals surface area contributed by atoms with Crippen LogP contribution >= 0.6 is 17.0 Å². The van der Waals surface area contributed by atoms with Crippen LogP contribution in [0.4, 0.5) is 0 Å². The van der Waals surface area contributed by atoms with E-state index < -0.39 is 21.5 Å². The fraction of sp³-hybridized carbons (Fsp3) is 0.391. The van der Waals surface area contributed by atoms with Crippen LogP contribution < -0.4 is 9.47 Å². The third kappa shape index (κ3) is 6.17. The first-order valence-corrected chi connectivity index (χ1v) is 36.1. The van der Waals surface area contributed by atoms with Crippen molar-refractivity contribution in [2.24, 2.45) is 11.8 Å². The minimum atomic E-state index is -4.99. The summed E-state index contributed by atoms with van der Waals surface area (Å²) in [7, 11) is 21.5. The molecule has 4 aliphatic rings. The summed E-state index contributed by atoms with van der Waals surface area (Å²) in [6, 6.07) is 31.1. The Morgan fingerprint density at radius 1 is 0.538 bits per heavy atom. The summed E-state index contributed by atoms with van der Waals surface area (Å²) in [5.41, 5.74) is 13.6. The summed E-state index contributed by atoms with van der Waals surface area (Å²) in [4.78, 5) is 0. The van der Waals surface area contributed by atoms with Gasteiger partial charge >= 0.3 is 323 Å². The molecule has 0 bridgehead atoms. The van der Waals surface area contributed by atoms with Crippen LogP contribution in [0.25, 0.3) is 34.4 Å². The number of allylic oxidation sites excluding steroid dienone is 2. The normalized spacial score (nSPS) is 21.6. The second-order valence-corrected chi connectivity index (χ2v) is 58.8. The summed E-state index contributed by atoms with van der Waals surface area (Å²) in [5, 5.41) is 0. The molecular formula is C46H53Cl2O2SiZr. The molecular weight excluding hydrogens is 775 g/mol. The van der Waals surface area contributed by atoms with Gasteiger partial charge in [0, 0.05) is 0 Å². The van der Waals surface area contributed by atoms with E-state index in [4.69, 9.17) is 26.5 Å². The Morgan fingerprint density at radius 3 is 1.27 bits per heavy atom. The minimum absolute atomic E-state index is 0.111. The third-order valence-electron chi connectivity index (χ3n) is 13.4. The second kappa shape index (κ2) is 14.7. The standard InChI is InChI=1S/2C22H23O.C2H7Si.2ClH.Zr/c2*1-23-20-12-10-17(11-13-20)21-9-5-8-18-14-19(15-22(18)21)16-6-3-2-4-7-16;1-3-2;;;/h2*5,8-16H,2-4,6-7H2,1H3;3H,1-2H3;2*1H;/q;;;;;+2/p-2. The van der Waals surface area contributed by atoms with Gasteiger partial charge in [-0.25, -0.2) is 0 Å². The number of methoxy groups -OCH3 is 2. The zero-order valence-electron chi connectivity index (χ0n) is 31.3. The summed E-state index contributed by atoms with van der Waals surface area (Å²) < 4.78 is 11.3. The average Bonchev–Trinajstić information content (AvgIpc) is 3.80. The quantitative estimate of drug-likeness (QED) is 0.157. The summed E-state index contributed by atoms with van der Waals surface area (Å²) in [6.07, 6.45) is 17.9. The molecule has 4 aliphatic carbocycles. The number of rotatable bonds is 9. The van der Waals surface area contributed by atoms with Gasteiger partial charge in [-0.3, -0.25) is 0 Å². The van der Waals surface area contributed by atoms with Crippen molar-refractivity contribution in [1.82, 2.24) is 0 Å². The van der Waals surface area contributed by atoms with E-state index in [-0.39, 0.29) is 7.25 Å². The van der Waals surface area contributed by atoms with Gasteiger partial charge in [0.15, 0.2) is 0 Å². The zero-order valence-corrected chi connectivity index (χ0v) is 36.4. The number of hydrogen-bond donors (Lipinski definition) is 0. The van der Waals surface area contributed by atoms with E-state index in [0.717, 1.165) is 11.5 Å². The molecule has 0 spiro atoms. The van der Waals surface area contributed by atoms with Crippen molar-refractivity contribution in [3.8, 4) is 33.8 Å². The Labute approximate surface area is 320 Å². The van der Waals surface area contributed by atoms with E-state index in [2.05, 4.69) is 110 Å². The monoisotopic (exact) mass is 825 g/mol. The predicted octanol–water partition coefficient (Wildman–Crippen LogP) is 13.8. The van der Waals surface area contributed by atoms with Crippen LogP contribution in [0.5, 0.6) is 11.5 Å². The third-order valence-corrected chi connectivity index (χ3v) is 65.0. The van der Waals surface area contributed by atoms with E-state index in [1.54, 1.807) is 25.4 Å². The van der Waals surface area contributed by atoms with Crippen molar-refractivity contribution in [1.29, 1.82) is 0 Å². The van der Waals surface area contributed by atoms with Crippen LogP contribution in [-0.2, 0) is 15.6 Å². The molecule has 0 radical (unpaired) electrons. The van der Waals surface area contributed by atoms with Crippen molar-refractivity contribution < 1.29 is 25.0 Å². The molecule has 8 rings (SSSR count). The molecule has 2 unspecified atom stereocenters. The van der Waals surface area contributed by atoms with Crippen molar-refractivity contribution >= 4 is 35.1 Å². The molecule has 2 saturated carbocycles. The average molecular weight is 828 g/mol. The maximum absolute atomic E-state index is 9.02. The molecule has 0 saturated heterocycles. The maximum atomic E-state index is 9.02. The first-order chi connectivity index (χ1) is 25.2. The Hall–Kier alpha value is -2.36. The molecule has 0 amide bonds. The van der Waals surface area contributed by atoms with Crippen LogP contribution in [-0.4, -0.2) is 20.1 Å². The first kappa shape index (κ1) is 36.6. The Morgan fingerprint density at radius 2 is 0.923 bits per heavy atom. The van der Waals surface area contributed by atoms with Gasteiger partial charge in [0.1, 0.15) is 0 Å². The van der Waals surface area contributed by atoms with Gasteiger partial charge in [0.2, 0.25) is 0 Å². The number of halogens is 2. The SMILES string of the molecule is COc1ccc(-c2cccc3c2C=C(C2CCCCC2)[CH]3[Zr]([Cl])([Cl])([CH]2C(C3CCCCC3)=Cc3c(-c4ccc(OC)cc4)cccc32)[SiH](C)C)cc1. The van der Waals surface area contributed by atoms with Gasteiger partial charge in [-0.1, -0.05) is 0 Å². The van der Waals surface area contributed by atoms with Gasteiger partial charge in [-0.05, 0) is 0 Å². The van der Waals surface area contributed by atoms with Gasteiger partial charge in [-0.15, -0.1) is 0 Å². The molecule has 0 aromatic heterocycles. The van der Waals surface area contributed by atoms with E-state index in [1.807, 2.05) is 0 Å². The molecule has 0 heterocycles. The fourth-order valence-corrected chi connectivity index (χ4v) is 41.5. The molecule has 2 atom stereocenters. The van der Waals surface area contributed by atoms with Gasteiger partial charge in [-0.2, -0.15) is 0 Å². The number of hydrogen-bond acceptors (Lipinski definition) is 2. The van der Waals surface area contributed by atoms with Gasteiger partial charge < -0.3 is 0 Å². The molecule has 52 heavy (non-hydrogen) atoms. The molecule has 271 valence electrons. The second-order valence-electron chi connectivity index (χ2n) is 16.3. The van der Waals surface area contributed by atoms with E-state index in [9.17, 15) is 0 Å². The summed E-state index contributed by atoms with van der Waals surface area (Å²) in [6.45, 7) is 5.03. The fourth-order valence-electron chi connectivity index (χ4n) is 10.5. The number of fused-ring (bicyclic) bond motifs is 2. The van der Waals surface area contributed by atoms with Crippen molar-refractivity contribution in [2.45, 2.75) is 84.6 Å². The van der Waals surface area contributed by atoms with E-state index in [1.165, 1.54) is 109 Å². The van der Waals surface area contributed by atoms with E-state index >= 15 is 0 Å². The zero-order chi connectivity index (χ0) is 36.1. The number of ether oxygens (including phenoxy) is 2. The van der Waals surface area contributed by atoms with Crippen molar-refractivity contribution in [3.05, 3.63) is 118 Å². The first-order valence-electron chi connectivity index (χ1n) is 19.8. The molecule has 4 aromatic rings. The van der Waals surface area contributed by atoms with Gasteiger partial charge in [0.05, 0.1) is 0 Å². The van der Waals surface area contributed by atoms with Crippen LogP contribution in [0.3, 0.4) is 0 Å². The van der Waals surface area contributed by atoms with Crippen LogP contribution in [0.2, 0.25) is 13.1 Å². The molecule has 4 aromatic carbocycles. The predicted molar refractivity (Wildman–Crippen MR) is 222 cm³/mol. The Balaban J connectivity index is 1.35. The molecule has 0 N–H and O–H groups in total. The van der Waals surface area contributed by atoms with Gasteiger partial charge in [0.25, 0.3) is 0 Å². The van der Waals surface area contributed by atoms with Crippen LogP contribution in [0.15, 0.2) is 96.1 Å². The topological polar surface area (TPSA) is 18.5 Å². The van der Waals surface area contributed by atoms with Crippen molar-refractivity contribution in [3.63, 3.8) is 0 Å². The molecule has 2 fully saturated rings. The van der Waals surface area contributed by atoms with E-state index in [0.29, 0.717) is 11.8 Å². The van der Waals surface area contributed by atoms with Crippen LogP contribution in [0, 0.1) is 11.8 Å². The molecule has 0 aliphatic heterocycles. The summed E-state index contributed by atoms with van der Waals surface area (Å²) >= 11 is -4.99. The van der Waals surface area contributed by atoms with Crippen molar-refractivity contribution in [2.75, 3.05) is 14.2 Å². The molecule has 6 heteroatoms. The van der Waals surface area contributed by atoms with Crippen LogP contribution in [0.1, 0.15) is 93.7 Å². The number of benzene rings is 4.